The third-order valence-electron chi connectivity index (χ3n) is 4.50. The number of ether oxygens (including phenoxy) is 2. The zero-order chi connectivity index (χ0) is 20.1. The molecule has 0 bridgehead atoms. The van der Waals surface area contributed by atoms with Crippen molar-refractivity contribution < 1.29 is 14.3 Å². The minimum atomic E-state index is -1.13. The zero-order valence-corrected chi connectivity index (χ0v) is 19.2. The first kappa shape index (κ1) is 20.8. The Bertz CT molecular complexity index is 948. The van der Waals surface area contributed by atoms with Crippen molar-refractivity contribution in [2.75, 3.05) is 6.61 Å². The molecule has 3 aromatic rings. The first-order valence-electron chi connectivity index (χ1n) is 9.41. The molecule has 1 aromatic heterocycles. The molecule has 1 heterocycles. The van der Waals surface area contributed by atoms with Crippen LogP contribution in [0.15, 0.2) is 59.2 Å². The van der Waals surface area contributed by atoms with Gasteiger partial charge in [0.2, 0.25) is 0 Å². The van der Waals surface area contributed by atoms with Gasteiger partial charge in [0.15, 0.2) is 0 Å². The normalized spacial score (nSPS) is 11.7. The number of fused-ring (bicyclic) bond motifs is 1. The zero-order valence-electron chi connectivity index (χ0n) is 16.6. The molecule has 0 atom stereocenters. The highest BCUT2D eigenvalue weighted by atomic mass is 79.9. The predicted octanol–water partition coefficient (Wildman–Crippen LogP) is 6.07. The molecule has 0 aliphatic rings. The van der Waals surface area contributed by atoms with Crippen LogP contribution in [0.1, 0.15) is 15.9 Å². The van der Waals surface area contributed by atoms with E-state index in [1.54, 1.807) is 0 Å². The van der Waals surface area contributed by atoms with Crippen molar-refractivity contribution in [3.05, 3.63) is 70.3 Å². The van der Waals surface area contributed by atoms with E-state index in [1.165, 1.54) is 0 Å². The van der Waals surface area contributed by atoms with Gasteiger partial charge < -0.3 is 14.0 Å². The van der Waals surface area contributed by atoms with E-state index in [-0.39, 0.29) is 12.6 Å². The van der Waals surface area contributed by atoms with Gasteiger partial charge in [0.05, 0.1) is 11.1 Å². The van der Waals surface area contributed by atoms with E-state index < -0.39 is 8.07 Å². The van der Waals surface area contributed by atoms with Gasteiger partial charge in [0, 0.05) is 30.7 Å². The minimum absolute atomic E-state index is 0.257. The molecule has 6 heteroatoms. The molecule has 0 unspecified atom stereocenters. The molecule has 0 amide bonds. The number of benzene rings is 2. The highest BCUT2D eigenvalue weighted by molar-refractivity contribution is 9.10. The molecular formula is C22H26BrNO3Si. The molecule has 0 fully saturated rings. The van der Waals surface area contributed by atoms with Crippen LogP contribution in [0.5, 0.6) is 0 Å². The fourth-order valence-electron chi connectivity index (χ4n) is 2.88. The number of hydrogen-bond donors (Lipinski definition) is 0. The van der Waals surface area contributed by atoms with Crippen molar-refractivity contribution in [2.24, 2.45) is 0 Å². The Kier molecular flexibility index (Phi) is 6.75. The van der Waals surface area contributed by atoms with Gasteiger partial charge >= 0.3 is 5.97 Å². The van der Waals surface area contributed by atoms with Crippen molar-refractivity contribution in [3.63, 3.8) is 0 Å². The lowest BCUT2D eigenvalue weighted by atomic mass is 10.2. The van der Waals surface area contributed by atoms with E-state index in [4.69, 9.17) is 9.47 Å². The first-order chi connectivity index (χ1) is 13.3. The summed E-state index contributed by atoms with van der Waals surface area (Å²) in [5, 5.41) is 0.862. The number of carbonyl (C=O) groups excluding carboxylic acids is 1. The van der Waals surface area contributed by atoms with Crippen LogP contribution < -0.4 is 0 Å². The van der Waals surface area contributed by atoms with Gasteiger partial charge in [-0.25, -0.2) is 4.79 Å². The lowest BCUT2D eigenvalue weighted by Crippen LogP contribution is -2.21. The number of halogens is 1. The highest BCUT2D eigenvalue weighted by Gasteiger charge is 2.18. The van der Waals surface area contributed by atoms with Gasteiger partial charge in [-0.1, -0.05) is 65.9 Å². The Hall–Kier alpha value is -1.89. The fraction of sp³-hybridized carbons (Fsp3) is 0.318. The maximum absolute atomic E-state index is 12.7. The Morgan fingerprint density at radius 2 is 1.86 bits per heavy atom. The SMILES string of the molecule is C[Si](C)(C)CCOCn1cc(C(=O)OCc2ccccc2)c2cc(Br)ccc21. The van der Waals surface area contributed by atoms with E-state index in [9.17, 15) is 4.79 Å². The van der Waals surface area contributed by atoms with E-state index >= 15 is 0 Å². The van der Waals surface area contributed by atoms with Gasteiger partial charge in [0.25, 0.3) is 0 Å². The van der Waals surface area contributed by atoms with Gasteiger partial charge in [-0.15, -0.1) is 0 Å². The summed E-state index contributed by atoms with van der Waals surface area (Å²) in [6.45, 7) is 8.42. The Morgan fingerprint density at radius 1 is 1.11 bits per heavy atom. The van der Waals surface area contributed by atoms with Crippen LogP contribution in [-0.4, -0.2) is 25.2 Å². The number of nitrogens with zero attached hydrogens (tertiary/aromatic N) is 1. The summed E-state index contributed by atoms with van der Waals surface area (Å²) in [4.78, 5) is 12.7. The van der Waals surface area contributed by atoms with E-state index in [2.05, 4.69) is 35.6 Å². The molecule has 0 saturated heterocycles. The summed E-state index contributed by atoms with van der Waals surface area (Å²) in [7, 11) is -1.13. The summed E-state index contributed by atoms with van der Waals surface area (Å²) >= 11 is 3.50. The largest absolute Gasteiger partial charge is 0.457 e. The molecule has 0 aliphatic carbocycles. The standard InChI is InChI=1S/C22H26BrNO3Si/c1-28(2,3)12-11-26-16-24-14-20(19-13-18(23)9-10-21(19)24)22(25)27-15-17-7-5-4-6-8-17/h4-10,13-14H,11-12,15-16H2,1-3H3. The second-order valence-corrected chi connectivity index (χ2v) is 14.6. The van der Waals surface area contributed by atoms with Crippen LogP contribution in [0, 0.1) is 0 Å². The van der Waals surface area contributed by atoms with Crippen LogP contribution in [0.4, 0.5) is 0 Å². The molecule has 28 heavy (non-hydrogen) atoms. The number of aromatic nitrogens is 1. The van der Waals surface area contributed by atoms with Crippen molar-refractivity contribution >= 4 is 40.9 Å². The van der Waals surface area contributed by atoms with Crippen molar-refractivity contribution in [1.29, 1.82) is 0 Å². The van der Waals surface area contributed by atoms with Crippen LogP contribution in [0.25, 0.3) is 10.9 Å². The molecular weight excluding hydrogens is 434 g/mol. The maximum atomic E-state index is 12.7. The maximum Gasteiger partial charge on any atom is 0.340 e. The third kappa shape index (κ3) is 5.56. The van der Waals surface area contributed by atoms with E-state index in [0.717, 1.165) is 33.6 Å². The summed E-state index contributed by atoms with van der Waals surface area (Å²) in [5.74, 6) is -0.326. The van der Waals surface area contributed by atoms with Gasteiger partial charge in [-0.05, 0) is 29.8 Å². The topological polar surface area (TPSA) is 40.5 Å². The number of hydrogen-bond acceptors (Lipinski definition) is 3. The quantitative estimate of drug-likeness (QED) is 0.233. The lowest BCUT2D eigenvalue weighted by molar-refractivity contribution is 0.0473. The molecule has 4 nitrogen and oxygen atoms in total. The molecule has 0 radical (unpaired) electrons. The smallest absolute Gasteiger partial charge is 0.340 e. The summed E-state index contributed by atoms with van der Waals surface area (Å²) in [5.41, 5.74) is 2.49. The number of carbonyl (C=O) groups is 1. The Morgan fingerprint density at radius 3 is 2.57 bits per heavy atom. The molecule has 0 saturated carbocycles. The Labute approximate surface area is 175 Å². The fourth-order valence-corrected chi connectivity index (χ4v) is 4.00. The minimum Gasteiger partial charge on any atom is -0.457 e. The number of rotatable bonds is 8. The van der Waals surface area contributed by atoms with E-state index in [0.29, 0.717) is 12.3 Å². The average molecular weight is 460 g/mol. The average Bonchev–Trinajstić information content (AvgIpc) is 3.01. The van der Waals surface area contributed by atoms with Gasteiger partial charge in [-0.2, -0.15) is 0 Å². The van der Waals surface area contributed by atoms with Crippen molar-refractivity contribution in [2.45, 2.75) is 39.0 Å². The summed E-state index contributed by atoms with van der Waals surface area (Å²) < 4.78 is 14.3. The molecule has 0 N–H and O–H groups in total. The number of esters is 1. The van der Waals surface area contributed by atoms with Crippen LogP contribution in [0.3, 0.4) is 0 Å². The first-order valence-corrected chi connectivity index (χ1v) is 13.9. The van der Waals surface area contributed by atoms with E-state index in [1.807, 2.05) is 59.3 Å². The monoisotopic (exact) mass is 459 g/mol. The predicted molar refractivity (Wildman–Crippen MR) is 119 cm³/mol. The molecule has 2 aromatic carbocycles. The van der Waals surface area contributed by atoms with Crippen LogP contribution in [0.2, 0.25) is 25.7 Å². The van der Waals surface area contributed by atoms with Crippen molar-refractivity contribution in [3.8, 4) is 0 Å². The highest BCUT2D eigenvalue weighted by Crippen LogP contribution is 2.26. The second-order valence-electron chi connectivity index (χ2n) is 8.08. The second kappa shape index (κ2) is 9.07. The van der Waals surface area contributed by atoms with Gasteiger partial charge in [0.1, 0.15) is 13.3 Å². The van der Waals surface area contributed by atoms with Crippen LogP contribution in [-0.2, 0) is 22.8 Å². The van der Waals surface area contributed by atoms with Gasteiger partial charge in [-0.3, -0.25) is 0 Å². The molecule has 0 spiro atoms. The summed E-state index contributed by atoms with van der Waals surface area (Å²) in [6.07, 6.45) is 1.83. The third-order valence-corrected chi connectivity index (χ3v) is 6.70. The Balaban J connectivity index is 1.75. The molecule has 148 valence electrons. The molecule has 0 aliphatic heterocycles. The van der Waals surface area contributed by atoms with Crippen molar-refractivity contribution in [1.82, 2.24) is 4.57 Å². The lowest BCUT2D eigenvalue weighted by Gasteiger charge is -2.15. The molecule has 3 rings (SSSR count). The van der Waals surface area contributed by atoms with Crippen LogP contribution >= 0.6 is 15.9 Å². The summed E-state index contributed by atoms with van der Waals surface area (Å²) in [6, 6.07) is 16.7.